The third-order valence-corrected chi connectivity index (χ3v) is 4.49. The van der Waals surface area contributed by atoms with Crippen LogP contribution in [0.1, 0.15) is 28.4 Å². The number of nitrogens with zero attached hydrogens (tertiary/aromatic N) is 2. The lowest BCUT2D eigenvalue weighted by Crippen LogP contribution is -2.30. The molecule has 0 aromatic heterocycles. The van der Waals surface area contributed by atoms with Crippen molar-refractivity contribution < 1.29 is 9.72 Å². The van der Waals surface area contributed by atoms with E-state index < -0.39 is 4.92 Å². The van der Waals surface area contributed by atoms with Crippen molar-refractivity contribution in [1.29, 1.82) is 0 Å². The summed E-state index contributed by atoms with van der Waals surface area (Å²) in [5.41, 5.74) is 3.22. The topological polar surface area (TPSA) is 63.5 Å². The lowest BCUT2D eigenvalue weighted by atomic mass is 10.1. The third-order valence-electron chi connectivity index (χ3n) is 3.70. The van der Waals surface area contributed by atoms with E-state index in [9.17, 15) is 14.9 Å². The summed E-state index contributed by atoms with van der Waals surface area (Å²) >= 11 is 1.29. The molecule has 0 aliphatic heterocycles. The summed E-state index contributed by atoms with van der Waals surface area (Å²) in [6, 6.07) is 10.6. The van der Waals surface area contributed by atoms with Gasteiger partial charge in [-0.3, -0.25) is 14.9 Å². The number of anilines is 1. The smallest absolute Gasteiger partial charge is 0.283 e. The summed E-state index contributed by atoms with van der Waals surface area (Å²) in [6.45, 7) is 6.33. The van der Waals surface area contributed by atoms with Crippen molar-refractivity contribution in [2.45, 2.75) is 25.7 Å². The largest absolute Gasteiger partial charge is 0.309 e. The van der Waals surface area contributed by atoms with Gasteiger partial charge in [0.05, 0.1) is 9.82 Å². The molecule has 0 fully saturated rings. The van der Waals surface area contributed by atoms with Gasteiger partial charge in [0.15, 0.2) is 0 Å². The molecule has 24 heavy (non-hydrogen) atoms. The van der Waals surface area contributed by atoms with Crippen molar-refractivity contribution in [1.82, 2.24) is 0 Å². The zero-order valence-corrected chi connectivity index (χ0v) is 15.0. The Bertz CT molecular complexity index is 770. The summed E-state index contributed by atoms with van der Waals surface area (Å²) in [4.78, 5) is 25.8. The van der Waals surface area contributed by atoms with E-state index in [0.717, 1.165) is 16.8 Å². The van der Waals surface area contributed by atoms with Gasteiger partial charge >= 0.3 is 0 Å². The summed E-state index contributed by atoms with van der Waals surface area (Å²) in [5, 5.41) is 11.2. The fraction of sp³-hybridized carbons (Fsp3) is 0.278. The predicted octanol–water partition coefficient (Wildman–Crippen LogP) is 4.60. The molecule has 0 N–H and O–H groups in total. The number of carbonyl (C=O) groups is 1. The van der Waals surface area contributed by atoms with E-state index in [1.54, 1.807) is 23.3 Å². The molecule has 126 valence electrons. The van der Waals surface area contributed by atoms with Gasteiger partial charge in [-0.15, -0.1) is 11.8 Å². The molecule has 2 rings (SSSR count). The van der Waals surface area contributed by atoms with Gasteiger partial charge in [-0.1, -0.05) is 6.07 Å². The van der Waals surface area contributed by atoms with E-state index >= 15 is 0 Å². The van der Waals surface area contributed by atoms with Crippen LogP contribution in [0.15, 0.2) is 41.3 Å². The van der Waals surface area contributed by atoms with Gasteiger partial charge in [0, 0.05) is 23.9 Å². The summed E-state index contributed by atoms with van der Waals surface area (Å²) in [6.07, 6.45) is 1.78. The summed E-state index contributed by atoms with van der Waals surface area (Å²) < 4.78 is 0. The number of rotatable bonds is 5. The van der Waals surface area contributed by atoms with E-state index in [1.807, 2.05) is 39.0 Å². The molecular weight excluding hydrogens is 324 g/mol. The zero-order valence-electron chi connectivity index (χ0n) is 14.2. The van der Waals surface area contributed by atoms with Crippen LogP contribution < -0.4 is 4.90 Å². The van der Waals surface area contributed by atoms with Crippen molar-refractivity contribution in [3.05, 3.63) is 63.2 Å². The summed E-state index contributed by atoms with van der Waals surface area (Å²) in [5.74, 6) is -0.238. The highest BCUT2D eigenvalue weighted by molar-refractivity contribution is 7.98. The molecular formula is C18H20N2O3S. The molecule has 2 aromatic rings. The van der Waals surface area contributed by atoms with E-state index in [0.29, 0.717) is 17.0 Å². The van der Waals surface area contributed by atoms with Crippen LogP contribution in [-0.2, 0) is 0 Å². The van der Waals surface area contributed by atoms with Gasteiger partial charge in [-0.05, 0) is 62.4 Å². The van der Waals surface area contributed by atoms with Crippen LogP contribution in [0.5, 0.6) is 0 Å². The first-order chi connectivity index (χ1) is 11.4. The molecule has 0 radical (unpaired) electrons. The molecule has 0 unspecified atom stereocenters. The Balaban J connectivity index is 2.45. The second kappa shape index (κ2) is 7.49. The minimum absolute atomic E-state index is 0.0372. The fourth-order valence-electron chi connectivity index (χ4n) is 2.67. The van der Waals surface area contributed by atoms with Gasteiger partial charge < -0.3 is 4.90 Å². The monoisotopic (exact) mass is 344 g/mol. The normalized spacial score (nSPS) is 10.5. The molecule has 5 nitrogen and oxygen atoms in total. The number of nitro groups is 1. The Kier molecular flexibility index (Phi) is 5.62. The highest BCUT2D eigenvalue weighted by Gasteiger charge is 2.21. The quantitative estimate of drug-likeness (QED) is 0.452. The van der Waals surface area contributed by atoms with Crippen molar-refractivity contribution >= 4 is 29.0 Å². The maximum absolute atomic E-state index is 12.9. The molecule has 0 bridgehead atoms. The molecule has 0 saturated heterocycles. The predicted molar refractivity (Wildman–Crippen MR) is 98.1 cm³/mol. The second-order valence-electron chi connectivity index (χ2n) is 5.54. The average molecular weight is 344 g/mol. The van der Waals surface area contributed by atoms with Gasteiger partial charge in [0.1, 0.15) is 0 Å². The zero-order chi connectivity index (χ0) is 17.9. The van der Waals surface area contributed by atoms with Crippen LogP contribution in [0.3, 0.4) is 0 Å². The van der Waals surface area contributed by atoms with Gasteiger partial charge in [0.2, 0.25) is 0 Å². The molecule has 0 spiro atoms. The number of aryl methyl sites for hydroxylation is 2. The minimum atomic E-state index is -0.449. The Hall–Kier alpha value is -2.34. The maximum atomic E-state index is 12.9. The molecule has 0 aliphatic rings. The minimum Gasteiger partial charge on any atom is -0.309 e. The van der Waals surface area contributed by atoms with Crippen LogP contribution >= 0.6 is 11.8 Å². The number of carbonyl (C=O) groups excluding carboxylic acids is 1. The van der Waals surface area contributed by atoms with Crippen LogP contribution in [0.4, 0.5) is 11.4 Å². The maximum Gasteiger partial charge on any atom is 0.283 e. The lowest BCUT2D eigenvalue weighted by molar-refractivity contribution is -0.387. The number of benzene rings is 2. The third kappa shape index (κ3) is 3.76. The second-order valence-corrected chi connectivity index (χ2v) is 6.39. The number of hydrogen-bond donors (Lipinski definition) is 0. The van der Waals surface area contributed by atoms with Gasteiger partial charge in [-0.2, -0.15) is 0 Å². The van der Waals surface area contributed by atoms with Crippen LogP contribution in [0, 0.1) is 24.0 Å². The fourth-order valence-corrected chi connectivity index (χ4v) is 3.22. The van der Waals surface area contributed by atoms with E-state index in [1.165, 1.54) is 17.8 Å². The number of nitro benzene ring substituents is 1. The van der Waals surface area contributed by atoms with Crippen molar-refractivity contribution in [3.63, 3.8) is 0 Å². The van der Waals surface area contributed by atoms with Crippen molar-refractivity contribution in [2.75, 3.05) is 17.7 Å². The van der Waals surface area contributed by atoms with Crippen LogP contribution in [-0.4, -0.2) is 23.6 Å². The summed E-state index contributed by atoms with van der Waals surface area (Å²) in [7, 11) is 0. The Morgan fingerprint density at radius 1 is 1.17 bits per heavy atom. The average Bonchev–Trinajstić information content (AvgIpc) is 2.53. The molecule has 0 aliphatic carbocycles. The van der Waals surface area contributed by atoms with Gasteiger partial charge in [0.25, 0.3) is 11.6 Å². The first-order valence-corrected chi connectivity index (χ1v) is 8.82. The molecule has 1 amide bonds. The molecule has 0 atom stereocenters. The van der Waals surface area contributed by atoms with E-state index in [2.05, 4.69) is 0 Å². The molecule has 2 aromatic carbocycles. The Labute approximate surface area is 145 Å². The van der Waals surface area contributed by atoms with E-state index in [-0.39, 0.29) is 11.6 Å². The van der Waals surface area contributed by atoms with Crippen LogP contribution in [0.25, 0.3) is 0 Å². The van der Waals surface area contributed by atoms with Crippen LogP contribution in [0.2, 0.25) is 0 Å². The SMILES string of the molecule is CCN(C(=O)c1ccc(SC)c([N+](=O)[O-])c1)c1cc(C)cc(C)c1. The molecule has 6 heteroatoms. The number of amides is 1. The first kappa shape index (κ1) is 18.0. The lowest BCUT2D eigenvalue weighted by Gasteiger charge is -2.22. The Morgan fingerprint density at radius 3 is 2.29 bits per heavy atom. The van der Waals surface area contributed by atoms with Crippen molar-refractivity contribution in [2.24, 2.45) is 0 Å². The highest BCUT2D eigenvalue weighted by atomic mass is 32.2. The highest BCUT2D eigenvalue weighted by Crippen LogP contribution is 2.29. The first-order valence-electron chi connectivity index (χ1n) is 7.60. The van der Waals surface area contributed by atoms with E-state index in [4.69, 9.17) is 0 Å². The number of thioether (sulfide) groups is 1. The molecule has 0 heterocycles. The standard InChI is InChI=1S/C18H20N2O3S/c1-5-19(15-9-12(2)8-13(3)10-15)18(21)14-6-7-17(24-4)16(11-14)20(22)23/h6-11H,5H2,1-4H3. The Morgan fingerprint density at radius 2 is 1.79 bits per heavy atom. The number of hydrogen-bond acceptors (Lipinski definition) is 4. The van der Waals surface area contributed by atoms with Gasteiger partial charge in [-0.25, -0.2) is 0 Å². The van der Waals surface area contributed by atoms with Crippen molar-refractivity contribution in [3.8, 4) is 0 Å². The molecule has 0 saturated carbocycles.